The maximum Gasteiger partial charge on any atom is 0.251 e. The van der Waals surface area contributed by atoms with E-state index in [2.05, 4.69) is 5.32 Å². The van der Waals surface area contributed by atoms with Gasteiger partial charge in [0.1, 0.15) is 5.82 Å². The van der Waals surface area contributed by atoms with E-state index in [4.69, 9.17) is 11.6 Å². The first-order valence-electron chi connectivity index (χ1n) is 6.08. The van der Waals surface area contributed by atoms with Crippen LogP contribution in [0, 0.1) is 18.7 Å². The van der Waals surface area contributed by atoms with Crippen molar-refractivity contribution in [2.45, 2.75) is 33.2 Å². The van der Waals surface area contributed by atoms with E-state index in [1.807, 2.05) is 13.8 Å². The summed E-state index contributed by atoms with van der Waals surface area (Å²) in [6.45, 7) is 5.84. The van der Waals surface area contributed by atoms with Gasteiger partial charge in [-0.25, -0.2) is 4.39 Å². The minimum absolute atomic E-state index is 0.0117. The molecule has 0 radical (unpaired) electrons. The summed E-state index contributed by atoms with van der Waals surface area (Å²) in [6, 6.07) is 4.24. The van der Waals surface area contributed by atoms with Crippen LogP contribution in [0.3, 0.4) is 0 Å². The van der Waals surface area contributed by atoms with Crippen LogP contribution in [0.15, 0.2) is 18.2 Å². The molecule has 1 amide bonds. The highest BCUT2D eigenvalue weighted by Gasteiger charge is 2.18. The van der Waals surface area contributed by atoms with Gasteiger partial charge < -0.3 is 5.32 Å². The molecule has 0 saturated carbocycles. The first-order chi connectivity index (χ1) is 8.45. The topological polar surface area (TPSA) is 29.1 Å². The lowest BCUT2D eigenvalue weighted by Crippen LogP contribution is -2.39. The Kier molecular flexibility index (Phi) is 5.60. The number of nitrogens with one attached hydrogen (secondary N) is 1. The lowest BCUT2D eigenvalue weighted by Gasteiger charge is -2.22. The molecule has 0 bridgehead atoms. The molecule has 0 fully saturated rings. The zero-order chi connectivity index (χ0) is 13.7. The third-order valence-corrected chi connectivity index (χ3v) is 3.20. The molecule has 1 unspecified atom stereocenters. The Morgan fingerprint density at radius 1 is 1.44 bits per heavy atom. The van der Waals surface area contributed by atoms with Gasteiger partial charge in [-0.2, -0.15) is 0 Å². The Labute approximate surface area is 113 Å². The van der Waals surface area contributed by atoms with Crippen molar-refractivity contribution >= 4 is 17.5 Å². The number of alkyl halides is 1. The molecule has 0 aliphatic rings. The van der Waals surface area contributed by atoms with Crippen LogP contribution in [-0.2, 0) is 0 Å². The van der Waals surface area contributed by atoms with Crippen molar-refractivity contribution in [2.24, 2.45) is 5.92 Å². The second-order valence-electron chi connectivity index (χ2n) is 4.76. The summed E-state index contributed by atoms with van der Waals surface area (Å²) in [6.07, 6.45) is 0.708. The summed E-state index contributed by atoms with van der Waals surface area (Å²) in [4.78, 5) is 12.1. The summed E-state index contributed by atoms with van der Waals surface area (Å²) >= 11 is 5.72. The van der Waals surface area contributed by atoms with Crippen LogP contribution in [0.5, 0.6) is 0 Å². The molecule has 0 aliphatic carbocycles. The van der Waals surface area contributed by atoms with Crippen LogP contribution in [0.2, 0.25) is 0 Å². The highest BCUT2D eigenvalue weighted by atomic mass is 35.5. The number of rotatable bonds is 5. The molecule has 1 atom stereocenters. The fraction of sp³-hybridized carbons (Fsp3) is 0.500. The lowest BCUT2D eigenvalue weighted by molar-refractivity contribution is 0.0924. The van der Waals surface area contributed by atoms with Crippen molar-refractivity contribution in [1.82, 2.24) is 5.32 Å². The number of hydrogen-bond acceptors (Lipinski definition) is 1. The number of amides is 1. The second-order valence-corrected chi connectivity index (χ2v) is 5.14. The van der Waals surface area contributed by atoms with E-state index in [1.54, 1.807) is 13.0 Å². The van der Waals surface area contributed by atoms with Crippen LogP contribution in [-0.4, -0.2) is 17.8 Å². The SMILES string of the molecule is Cc1ccc(F)cc1C(=O)NC(CCCl)C(C)C. The minimum Gasteiger partial charge on any atom is -0.349 e. The molecule has 100 valence electrons. The second kappa shape index (κ2) is 6.74. The van der Waals surface area contributed by atoms with E-state index < -0.39 is 5.82 Å². The summed E-state index contributed by atoms with van der Waals surface area (Å²) < 4.78 is 13.2. The van der Waals surface area contributed by atoms with Gasteiger partial charge in [-0.05, 0) is 37.0 Å². The molecule has 0 spiro atoms. The maximum absolute atomic E-state index is 13.2. The lowest BCUT2D eigenvalue weighted by atomic mass is 10.0. The van der Waals surface area contributed by atoms with Crippen molar-refractivity contribution in [3.63, 3.8) is 0 Å². The average Bonchev–Trinajstić information content (AvgIpc) is 2.31. The van der Waals surface area contributed by atoms with Gasteiger partial charge in [-0.3, -0.25) is 4.79 Å². The summed E-state index contributed by atoms with van der Waals surface area (Å²) in [7, 11) is 0. The minimum atomic E-state index is -0.399. The molecule has 2 nitrogen and oxygen atoms in total. The number of aryl methyl sites for hydroxylation is 1. The number of benzene rings is 1. The molecular weight excluding hydrogens is 253 g/mol. The van der Waals surface area contributed by atoms with Gasteiger partial charge in [0.2, 0.25) is 0 Å². The highest BCUT2D eigenvalue weighted by molar-refractivity contribution is 6.17. The van der Waals surface area contributed by atoms with Crippen LogP contribution in [0.4, 0.5) is 4.39 Å². The standard InChI is InChI=1S/C14H19ClFNO/c1-9(2)13(6-7-15)17-14(18)12-8-11(16)5-4-10(12)3/h4-5,8-9,13H,6-7H2,1-3H3,(H,17,18). The Hall–Kier alpha value is -1.09. The zero-order valence-electron chi connectivity index (χ0n) is 11.0. The monoisotopic (exact) mass is 271 g/mol. The molecule has 1 rings (SSSR count). The first-order valence-corrected chi connectivity index (χ1v) is 6.62. The zero-order valence-corrected chi connectivity index (χ0v) is 11.7. The quantitative estimate of drug-likeness (QED) is 0.816. The van der Waals surface area contributed by atoms with Crippen molar-refractivity contribution in [2.75, 3.05) is 5.88 Å². The molecule has 0 aliphatic heterocycles. The first kappa shape index (κ1) is 15.0. The number of carbonyl (C=O) groups is 1. The van der Waals surface area contributed by atoms with Gasteiger partial charge in [-0.15, -0.1) is 11.6 Å². The number of halogens is 2. The fourth-order valence-electron chi connectivity index (χ4n) is 1.77. The summed E-state index contributed by atoms with van der Waals surface area (Å²) in [5.41, 5.74) is 1.15. The van der Waals surface area contributed by atoms with Crippen molar-refractivity contribution in [3.8, 4) is 0 Å². The largest absolute Gasteiger partial charge is 0.349 e. The number of hydrogen-bond donors (Lipinski definition) is 1. The molecule has 18 heavy (non-hydrogen) atoms. The van der Waals surface area contributed by atoms with Gasteiger partial charge in [-0.1, -0.05) is 19.9 Å². The van der Waals surface area contributed by atoms with Crippen molar-refractivity contribution in [1.29, 1.82) is 0 Å². The molecule has 0 saturated heterocycles. The predicted molar refractivity (Wildman–Crippen MR) is 72.6 cm³/mol. The Morgan fingerprint density at radius 2 is 2.11 bits per heavy atom. The molecule has 1 N–H and O–H groups in total. The van der Waals surface area contributed by atoms with Crippen LogP contribution < -0.4 is 5.32 Å². The van der Waals surface area contributed by atoms with E-state index in [1.165, 1.54) is 12.1 Å². The van der Waals surface area contributed by atoms with Gasteiger partial charge in [0.25, 0.3) is 5.91 Å². The average molecular weight is 272 g/mol. The van der Waals surface area contributed by atoms with E-state index in [0.717, 1.165) is 5.56 Å². The third kappa shape index (κ3) is 3.98. The van der Waals surface area contributed by atoms with Gasteiger partial charge in [0.05, 0.1) is 0 Å². The summed E-state index contributed by atoms with van der Waals surface area (Å²) in [5, 5.41) is 2.91. The predicted octanol–water partition coefficient (Wildman–Crippen LogP) is 3.52. The van der Waals surface area contributed by atoms with E-state index >= 15 is 0 Å². The van der Waals surface area contributed by atoms with E-state index in [-0.39, 0.29) is 11.9 Å². The third-order valence-electron chi connectivity index (χ3n) is 2.99. The van der Waals surface area contributed by atoms with Gasteiger partial charge in [0, 0.05) is 17.5 Å². The van der Waals surface area contributed by atoms with Crippen molar-refractivity contribution in [3.05, 3.63) is 35.1 Å². The molecule has 4 heteroatoms. The van der Waals surface area contributed by atoms with E-state index in [9.17, 15) is 9.18 Å². The Bertz CT molecular complexity index is 420. The number of carbonyl (C=O) groups excluding carboxylic acids is 1. The molecule has 1 aromatic carbocycles. The van der Waals surface area contributed by atoms with Gasteiger partial charge >= 0.3 is 0 Å². The smallest absolute Gasteiger partial charge is 0.251 e. The van der Waals surface area contributed by atoms with E-state index in [0.29, 0.717) is 23.8 Å². The molecule has 0 heterocycles. The Balaban J connectivity index is 2.83. The highest BCUT2D eigenvalue weighted by Crippen LogP contribution is 2.13. The molecular formula is C14H19ClFNO. The molecule has 0 aromatic heterocycles. The van der Waals surface area contributed by atoms with Crippen LogP contribution >= 0.6 is 11.6 Å². The van der Waals surface area contributed by atoms with Crippen LogP contribution in [0.25, 0.3) is 0 Å². The van der Waals surface area contributed by atoms with Crippen molar-refractivity contribution < 1.29 is 9.18 Å². The van der Waals surface area contributed by atoms with Gasteiger partial charge in [0.15, 0.2) is 0 Å². The fourth-order valence-corrected chi connectivity index (χ4v) is 2.01. The van der Waals surface area contributed by atoms with Crippen LogP contribution in [0.1, 0.15) is 36.2 Å². The normalized spacial score (nSPS) is 12.6. The molecule has 1 aromatic rings. The Morgan fingerprint density at radius 3 is 2.67 bits per heavy atom. The summed E-state index contributed by atoms with van der Waals surface area (Å²) in [5.74, 6) is 0.146. The maximum atomic E-state index is 13.2.